The molecular formula is C21H19N3O2S. The molecule has 0 aliphatic rings. The third kappa shape index (κ3) is 4.78. The Balaban J connectivity index is 1.82. The summed E-state index contributed by atoms with van der Waals surface area (Å²) >= 11 is 1.47. The Morgan fingerprint density at radius 3 is 2.56 bits per heavy atom. The average Bonchev–Trinajstić information content (AvgIpc) is 2.71. The highest BCUT2D eigenvalue weighted by Gasteiger charge is 2.13. The van der Waals surface area contributed by atoms with Crippen molar-refractivity contribution in [2.24, 2.45) is 0 Å². The summed E-state index contributed by atoms with van der Waals surface area (Å²) in [6.07, 6.45) is 0.969. The zero-order chi connectivity index (χ0) is 19.1. The van der Waals surface area contributed by atoms with E-state index >= 15 is 0 Å². The van der Waals surface area contributed by atoms with Crippen molar-refractivity contribution >= 4 is 11.8 Å². The summed E-state index contributed by atoms with van der Waals surface area (Å²) in [5.74, 6) is 1.56. The molecule has 3 aromatic rings. The molecule has 0 atom stereocenters. The molecule has 6 heteroatoms. The lowest BCUT2D eigenvalue weighted by Gasteiger charge is -2.09. The van der Waals surface area contributed by atoms with Gasteiger partial charge in [-0.25, -0.2) is 4.98 Å². The van der Waals surface area contributed by atoms with Crippen molar-refractivity contribution in [3.8, 4) is 23.1 Å². The second kappa shape index (κ2) is 9.06. The fourth-order valence-corrected chi connectivity index (χ4v) is 3.20. The normalized spacial score (nSPS) is 10.4. The fraction of sp³-hybridized carbons (Fsp3) is 0.190. The third-order valence-electron chi connectivity index (χ3n) is 3.83. The van der Waals surface area contributed by atoms with E-state index < -0.39 is 5.56 Å². The van der Waals surface area contributed by atoms with Gasteiger partial charge < -0.3 is 9.72 Å². The maximum atomic E-state index is 12.2. The van der Waals surface area contributed by atoms with Gasteiger partial charge in [-0.3, -0.25) is 4.79 Å². The molecule has 0 spiro atoms. The van der Waals surface area contributed by atoms with Gasteiger partial charge in [0.15, 0.2) is 5.16 Å². The molecule has 5 nitrogen and oxygen atoms in total. The molecule has 2 aromatic carbocycles. The molecule has 0 unspecified atom stereocenters. The van der Waals surface area contributed by atoms with Crippen molar-refractivity contribution in [3.05, 3.63) is 76.1 Å². The molecule has 0 saturated heterocycles. The molecule has 0 radical (unpaired) electrons. The summed E-state index contributed by atoms with van der Waals surface area (Å²) in [5.41, 5.74) is 1.80. The summed E-state index contributed by atoms with van der Waals surface area (Å²) < 4.78 is 5.78. The first-order valence-corrected chi connectivity index (χ1v) is 9.64. The lowest BCUT2D eigenvalue weighted by Crippen LogP contribution is -2.14. The molecule has 0 aliphatic carbocycles. The molecule has 1 aromatic heterocycles. The van der Waals surface area contributed by atoms with Crippen LogP contribution in [0, 0.1) is 11.3 Å². The van der Waals surface area contributed by atoms with Crippen LogP contribution in [0.2, 0.25) is 0 Å². The van der Waals surface area contributed by atoms with E-state index in [0.29, 0.717) is 28.8 Å². The van der Waals surface area contributed by atoms with Gasteiger partial charge in [-0.15, -0.1) is 0 Å². The Morgan fingerprint density at radius 2 is 1.89 bits per heavy atom. The number of nitrogens with zero attached hydrogens (tertiary/aromatic N) is 2. The number of hydrogen-bond acceptors (Lipinski definition) is 5. The van der Waals surface area contributed by atoms with Crippen LogP contribution in [0.25, 0.3) is 11.3 Å². The first kappa shape index (κ1) is 18.7. The van der Waals surface area contributed by atoms with E-state index in [0.717, 1.165) is 17.7 Å². The third-order valence-corrected chi connectivity index (χ3v) is 4.91. The van der Waals surface area contributed by atoms with Crippen molar-refractivity contribution in [3.63, 3.8) is 0 Å². The number of hydrogen-bond donors (Lipinski definition) is 1. The Morgan fingerprint density at radius 1 is 1.15 bits per heavy atom. The number of H-pyrrole nitrogens is 1. The van der Waals surface area contributed by atoms with Gasteiger partial charge in [-0.2, -0.15) is 5.26 Å². The van der Waals surface area contributed by atoms with Crippen LogP contribution in [0.3, 0.4) is 0 Å². The number of aromatic amines is 1. The van der Waals surface area contributed by atoms with Gasteiger partial charge in [0.05, 0.1) is 5.69 Å². The number of benzene rings is 2. The van der Waals surface area contributed by atoms with Crippen LogP contribution in [0.1, 0.15) is 24.5 Å². The predicted molar refractivity (Wildman–Crippen MR) is 107 cm³/mol. The first-order valence-electron chi connectivity index (χ1n) is 8.65. The summed E-state index contributed by atoms with van der Waals surface area (Å²) in [4.78, 5) is 19.3. The molecule has 0 aliphatic heterocycles. The van der Waals surface area contributed by atoms with E-state index in [9.17, 15) is 10.1 Å². The molecule has 0 fully saturated rings. The smallest absolute Gasteiger partial charge is 0.270 e. The van der Waals surface area contributed by atoms with Gasteiger partial charge in [0.2, 0.25) is 0 Å². The van der Waals surface area contributed by atoms with Crippen LogP contribution in [0.15, 0.2) is 64.5 Å². The highest BCUT2D eigenvalue weighted by Crippen LogP contribution is 2.25. The largest absolute Gasteiger partial charge is 0.489 e. The minimum atomic E-state index is -0.412. The van der Waals surface area contributed by atoms with Gasteiger partial charge in [0.1, 0.15) is 24.0 Å². The Labute approximate surface area is 162 Å². The molecule has 27 heavy (non-hydrogen) atoms. The molecule has 0 amide bonds. The van der Waals surface area contributed by atoms with E-state index in [2.05, 4.69) is 16.9 Å². The SMILES string of the molecule is CCCSc1nc(-c2ccc(OCc3ccccc3)cc2)c(C#N)c(=O)[nH]1. The summed E-state index contributed by atoms with van der Waals surface area (Å²) in [6.45, 7) is 2.54. The maximum Gasteiger partial charge on any atom is 0.270 e. The van der Waals surface area contributed by atoms with Crippen LogP contribution in [-0.4, -0.2) is 15.7 Å². The van der Waals surface area contributed by atoms with Crippen molar-refractivity contribution < 1.29 is 4.74 Å². The first-order chi connectivity index (χ1) is 13.2. The number of ether oxygens (including phenoxy) is 1. The Bertz CT molecular complexity index is 993. The zero-order valence-electron chi connectivity index (χ0n) is 14.9. The van der Waals surface area contributed by atoms with Gasteiger partial charge in [-0.1, -0.05) is 49.0 Å². The number of rotatable bonds is 7. The second-order valence-electron chi connectivity index (χ2n) is 5.85. The molecule has 1 heterocycles. The summed E-state index contributed by atoms with van der Waals surface area (Å²) in [6, 6.07) is 19.1. The highest BCUT2D eigenvalue weighted by molar-refractivity contribution is 7.99. The number of nitriles is 1. The van der Waals surface area contributed by atoms with E-state index in [1.807, 2.05) is 60.7 Å². The van der Waals surface area contributed by atoms with Crippen molar-refractivity contribution in [2.45, 2.75) is 25.1 Å². The van der Waals surface area contributed by atoms with Gasteiger partial charge >= 0.3 is 0 Å². The highest BCUT2D eigenvalue weighted by atomic mass is 32.2. The fourth-order valence-electron chi connectivity index (χ4n) is 2.48. The maximum absolute atomic E-state index is 12.2. The zero-order valence-corrected chi connectivity index (χ0v) is 15.8. The lowest BCUT2D eigenvalue weighted by atomic mass is 10.1. The summed E-state index contributed by atoms with van der Waals surface area (Å²) in [7, 11) is 0. The lowest BCUT2D eigenvalue weighted by molar-refractivity contribution is 0.306. The quantitative estimate of drug-likeness (QED) is 0.488. The second-order valence-corrected chi connectivity index (χ2v) is 6.94. The van der Waals surface area contributed by atoms with Gasteiger partial charge in [-0.05, 0) is 36.2 Å². The summed E-state index contributed by atoms with van der Waals surface area (Å²) in [5, 5.41) is 9.88. The molecule has 1 N–H and O–H groups in total. The predicted octanol–water partition coefficient (Wildman–Crippen LogP) is 4.39. The van der Waals surface area contributed by atoms with Crippen molar-refractivity contribution in [2.75, 3.05) is 5.75 Å². The Kier molecular flexibility index (Phi) is 6.29. The van der Waals surface area contributed by atoms with Crippen LogP contribution in [0.5, 0.6) is 5.75 Å². The minimum absolute atomic E-state index is 0.0220. The number of aromatic nitrogens is 2. The Hall–Kier alpha value is -3.04. The minimum Gasteiger partial charge on any atom is -0.489 e. The molecule has 3 rings (SSSR count). The molecule has 0 bridgehead atoms. The van der Waals surface area contributed by atoms with Crippen LogP contribution < -0.4 is 10.3 Å². The van der Waals surface area contributed by atoms with Gasteiger partial charge in [0, 0.05) is 11.3 Å². The molecule has 136 valence electrons. The van der Waals surface area contributed by atoms with E-state index in [4.69, 9.17) is 4.74 Å². The van der Waals surface area contributed by atoms with Crippen molar-refractivity contribution in [1.82, 2.24) is 9.97 Å². The van der Waals surface area contributed by atoms with Crippen LogP contribution in [0.4, 0.5) is 0 Å². The average molecular weight is 377 g/mol. The number of thioether (sulfide) groups is 1. The molecular weight excluding hydrogens is 358 g/mol. The topological polar surface area (TPSA) is 78.8 Å². The van der Waals surface area contributed by atoms with Crippen LogP contribution in [-0.2, 0) is 6.61 Å². The van der Waals surface area contributed by atoms with Crippen molar-refractivity contribution in [1.29, 1.82) is 5.26 Å². The molecule has 0 saturated carbocycles. The monoisotopic (exact) mass is 377 g/mol. The standard InChI is InChI=1S/C21H19N3O2S/c1-2-12-27-21-23-19(18(13-22)20(25)24-21)16-8-10-17(11-9-16)26-14-15-6-4-3-5-7-15/h3-11H,2,12,14H2,1H3,(H,23,24,25). The van der Waals surface area contributed by atoms with Gasteiger partial charge in [0.25, 0.3) is 5.56 Å². The van der Waals surface area contributed by atoms with Crippen LogP contribution >= 0.6 is 11.8 Å². The number of nitrogens with one attached hydrogen (secondary N) is 1. The van der Waals surface area contributed by atoms with E-state index in [1.54, 1.807) is 0 Å². The van der Waals surface area contributed by atoms with E-state index in [-0.39, 0.29) is 5.56 Å². The van der Waals surface area contributed by atoms with E-state index in [1.165, 1.54) is 11.8 Å².